The average molecular weight is 461 g/mol. The summed E-state index contributed by atoms with van der Waals surface area (Å²) in [7, 11) is 0. The molecule has 168 valence electrons. The van der Waals surface area contributed by atoms with Crippen LogP contribution in [0.3, 0.4) is 0 Å². The molecule has 33 heavy (non-hydrogen) atoms. The summed E-state index contributed by atoms with van der Waals surface area (Å²) in [5.41, 5.74) is 4.54. The molecule has 0 saturated heterocycles. The number of aromatic nitrogens is 4. The molecule has 0 saturated carbocycles. The van der Waals surface area contributed by atoms with Gasteiger partial charge in [0.1, 0.15) is 12.1 Å². The molecule has 0 bridgehead atoms. The molecule has 0 aliphatic rings. The van der Waals surface area contributed by atoms with E-state index >= 15 is 0 Å². The van der Waals surface area contributed by atoms with E-state index in [-0.39, 0.29) is 11.4 Å². The summed E-state index contributed by atoms with van der Waals surface area (Å²) in [5, 5.41) is 0.585. The highest BCUT2D eigenvalue weighted by molar-refractivity contribution is 7.98. The number of hydrogen-bond acceptors (Lipinski definition) is 5. The van der Waals surface area contributed by atoms with Gasteiger partial charge in [-0.05, 0) is 48.1 Å². The molecule has 0 spiro atoms. The van der Waals surface area contributed by atoms with Gasteiger partial charge >= 0.3 is 0 Å². The third-order valence-electron chi connectivity index (χ3n) is 5.62. The van der Waals surface area contributed by atoms with Crippen molar-refractivity contribution >= 4 is 11.8 Å². The van der Waals surface area contributed by atoms with Crippen LogP contribution in [0.5, 0.6) is 0 Å². The van der Waals surface area contributed by atoms with Gasteiger partial charge in [-0.15, -0.1) is 0 Å². The number of nitrogens with zero attached hydrogens (tertiary/aromatic N) is 4. The van der Waals surface area contributed by atoms with Crippen LogP contribution in [0.25, 0.3) is 0 Å². The quantitative estimate of drug-likeness (QED) is 0.276. The maximum Gasteiger partial charge on any atom is 0.277 e. The maximum absolute atomic E-state index is 14.7. The molecule has 0 unspecified atom stereocenters. The number of hydrogen-bond donors (Lipinski definition) is 0. The van der Waals surface area contributed by atoms with Gasteiger partial charge < -0.3 is 4.57 Å². The molecule has 2 heterocycles. The normalized spacial score (nSPS) is 11.0. The number of aryl methyl sites for hydroxylation is 3. The van der Waals surface area contributed by atoms with Crippen LogP contribution in [-0.2, 0) is 25.1 Å². The van der Waals surface area contributed by atoms with Crippen LogP contribution < -0.4 is 5.56 Å². The third-order valence-corrected chi connectivity index (χ3v) is 6.66. The second kappa shape index (κ2) is 10.5. The number of rotatable bonds is 8. The lowest BCUT2D eigenvalue weighted by Gasteiger charge is -2.15. The van der Waals surface area contributed by atoms with Crippen molar-refractivity contribution in [3.05, 3.63) is 117 Å². The molecule has 0 amide bonds. The van der Waals surface area contributed by atoms with Crippen LogP contribution in [0.15, 0.2) is 77.3 Å². The van der Waals surface area contributed by atoms with Gasteiger partial charge in [-0.2, -0.15) is 4.98 Å². The lowest BCUT2D eigenvalue weighted by atomic mass is 10.1. The van der Waals surface area contributed by atoms with Gasteiger partial charge in [-0.1, -0.05) is 54.2 Å². The minimum atomic E-state index is -0.280. The smallest absolute Gasteiger partial charge is 0.277 e. The zero-order valence-electron chi connectivity index (χ0n) is 18.7. The topological polar surface area (TPSA) is 60.7 Å². The Labute approximate surface area is 196 Å². The van der Waals surface area contributed by atoms with Crippen LogP contribution >= 0.6 is 11.8 Å². The van der Waals surface area contributed by atoms with Crippen LogP contribution in [0, 0.1) is 19.7 Å². The second-order valence-corrected chi connectivity index (χ2v) is 8.92. The van der Waals surface area contributed by atoms with E-state index in [9.17, 15) is 9.18 Å². The molecule has 7 heteroatoms. The van der Waals surface area contributed by atoms with Crippen LogP contribution in [-0.4, -0.2) is 19.5 Å². The molecule has 0 fully saturated rings. The molecule has 5 nitrogen and oxygen atoms in total. The van der Waals surface area contributed by atoms with Crippen molar-refractivity contribution in [1.29, 1.82) is 0 Å². The van der Waals surface area contributed by atoms with Gasteiger partial charge in [-0.25, -0.2) is 14.4 Å². The number of benzene rings is 2. The Morgan fingerprint density at radius 3 is 2.48 bits per heavy atom. The minimum Gasteiger partial charge on any atom is -0.327 e. The van der Waals surface area contributed by atoms with Crippen LogP contribution in [0.2, 0.25) is 0 Å². The van der Waals surface area contributed by atoms with E-state index in [1.54, 1.807) is 25.4 Å². The van der Waals surface area contributed by atoms with Crippen molar-refractivity contribution < 1.29 is 4.39 Å². The Hall–Kier alpha value is -3.32. The first-order chi connectivity index (χ1) is 16.0. The highest BCUT2D eigenvalue weighted by Gasteiger charge is 2.13. The molecule has 0 aliphatic carbocycles. The lowest BCUT2D eigenvalue weighted by Crippen LogP contribution is -2.20. The Morgan fingerprint density at radius 1 is 0.970 bits per heavy atom. The Morgan fingerprint density at radius 2 is 1.73 bits per heavy atom. The molecular weight excluding hydrogens is 435 g/mol. The molecule has 2 aromatic carbocycles. The Balaban J connectivity index is 1.61. The molecule has 0 aliphatic heterocycles. The number of halogens is 1. The predicted octanol–water partition coefficient (Wildman–Crippen LogP) is 4.92. The molecular formula is C26H25FN4OS. The zero-order valence-corrected chi connectivity index (χ0v) is 19.5. The van der Waals surface area contributed by atoms with Crippen LogP contribution in [0.1, 0.15) is 33.4 Å². The summed E-state index contributed by atoms with van der Waals surface area (Å²) < 4.78 is 16.7. The van der Waals surface area contributed by atoms with E-state index in [2.05, 4.69) is 27.1 Å². The van der Waals surface area contributed by atoms with Crippen molar-refractivity contribution in [2.45, 2.75) is 44.1 Å². The van der Waals surface area contributed by atoms with E-state index < -0.39 is 0 Å². The highest BCUT2D eigenvalue weighted by atomic mass is 32.2. The van der Waals surface area contributed by atoms with E-state index in [0.717, 1.165) is 17.5 Å². The molecule has 0 N–H and O–H groups in total. The third kappa shape index (κ3) is 5.73. The highest BCUT2D eigenvalue weighted by Crippen LogP contribution is 2.25. The van der Waals surface area contributed by atoms with Gasteiger partial charge in [0.25, 0.3) is 5.56 Å². The summed E-state index contributed by atoms with van der Waals surface area (Å²) in [6, 6.07) is 13.9. The molecule has 0 radical (unpaired) electrons. The lowest BCUT2D eigenvalue weighted by molar-refractivity contribution is 0.593. The molecule has 4 rings (SSSR count). The SMILES string of the molecule is Cc1ccc(CSc2nc(=O)c(Cc3cncnc3)cn2CCc2ccccc2)c(F)c1C. The summed E-state index contributed by atoms with van der Waals surface area (Å²) in [6.45, 7) is 4.34. The summed E-state index contributed by atoms with van der Waals surface area (Å²) in [4.78, 5) is 25.2. The Bertz CT molecular complexity index is 1290. The van der Waals surface area contributed by atoms with Crippen molar-refractivity contribution in [2.24, 2.45) is 0 Å². The van der Waals surface area contributed by atoms with E-state index in [1.807, 2.05) is 42.0 Å². The van der Waals surface area contributed by atoms with Gasteiger partial charge in [0.2, 0.25) is 0 Å². The standard InChI is InChI=1S/C26H25FN4OS/c1-18-8-9-22(24(27)19(18)2)16-33-26-30-25(32)23(12-21-13-28-17-29-14-21)15-31(26)11-10-20-6-4-3-5-7-20/h3-9,13-15,17H,10-12,16H2,1-2H3. The minimum absolute atomic E-state index is 0.193. The first kappa shape index (κ1) is 22.9. The van der Waals surface area contributed by atoms with Crippen molar-refractivity contribution in [2.75, 3.05) is 0 Å². The largest absolute Gasteiger partial charge is 0.327 e. The predicted molar refractivity (Wildman–Crippen MR) is 129 cm³/mol. The van der Waals surface area contributed by atoms with Gasteiger partial charge in [0.15, 0.2) is 5.16 Å². The van der Waals surface area contributed by atoms with Gasteiger partial charge in [0.05, 0.1) is 0 Å². The van der Waals surface area contributed by atoms with E-state index in [1.165, 1.54) is 23.7 Å². The fourth-order valence-corrected chi connectivity index (χ4v) is 4.51. The van der Waals surface area contributed by atoms with E-state index in [0.29, 0.717) is 40.6 Å². The van der Waals surface area contributed by atoms with Crippen molar-refractivity contribution in [3.8, 4) is 0 Å². The van der Waals surface area contributed by atoms with E-state index in [4.69, 9.17) is 0 Å². The fourth-order valence-electron chi connectivity index (χ4n) is 3.54. The maximum atomic E-state index is 14.7. The second-order valence-electron chi connectivity index (χ2n) is 7.98. The van der Waals surface area contributed by atoms with Gasteiger partial charge in [0, 0.05) is 42.9 Å². The Kier molecular flexibility index (Phi) is 7.29. The molecule has 2 aromatic heterocycles. The number of thioether (sulfide) groups is 1. The van der Waals surface area contributed by atoms with Crippen molar-refractivity contribution in [1.82, 2.24) is 19.5 Å². The first-order valence-corrected chi connectivity index (χ1v) is 11.8. The molecule has 0 atom stereocenters. The molecule has 4 aromatic rings. The van der Waals surface area contributed by atoms with Crippen molar-refractivity contribution in [3.63, 3.8) is 0 Å². The fraction of sp³-hybridized carbons (Fsp3) is 0.231. The summed E-state index contributed by atoms with van der Waals surface area (Å²) in [6.07, 6.45) is 7.94. The monoisotopic (exact) mass is 460 g/mol. The average Bonchev–Trinajstić information content (AvgIpc) is 2.84. The van der Waals surface area contributed by atoms with Gasteiger partial charge in [-0.3, -0.25) is 4.79 Å². The first-order valence-electron chi connectivity index (χ1n) is 10.8. The van der Waals surface area contributed by atoms with Crippen LogP contribution in [0.4, 0.5) is 4.39 Å². The zero-order chi connectivity index (χ0) is 23.2. The summed E-state index contributed by atoms with van der Waals surface area (Å²) in [5.74, 6) is 0.206. The summed E-state index contributed by atoms with van der Waals surface area (Å²) >= 11 is 1.38.